The predicted octanol–water partition coefficient (Wildman–Crippen LogP) is 3.15. The Bertz CT molecular complexity index is 379. The van der Waals surface area contributed by atoms with Crippen molar-refractivity contribution in [2.45, 2.75) is 0 Å². The van der Waals surface area contributed by atoms with Gasteiger partial charge < -0.3 is 0 Å². The molecule has 0 aliphatic carbocycles. The van der Waals surface area contributed by atoms with Gasteiger partial charge in [-0.15, -0.1) is 0 Å². The van der Waals surface area contributed by atoms with Crippen molar-refractivity contribution in [1.29, 1.82) is 0 Å². The third kappa shape index (κ3) is 2.17. The van der Waals surface area contributed by atoms with Crippen molar-refractivity contribution in [1.82, 2.24) is 4.98 Å². The molecule has 1 heterocycles. The number of carbonyl (C=O) groups is 2. The Hall–Kier alpha value is -0.350. The third-order valence-electron chi connectivity index (χ3n) is 1.38. The standard InChI is InChI=1S/C7HCl4NO2/c8-2-1-12-5(9)4(7(11)14)3(2)6(10)13/h1H. The van der Waals surface area contributed by atoms with E-state index >= 15 is 0 Å². The lowest BCUT2D eigenvalue weighted by atomic mass is 10.2. The van der Waals surface area contributed by atoms with E-state index in [4.69, 9.17) is 46.4 Å². The van der Waals surface area contributed by atoms with Crippen LogP contribution in [0.4, 0.5) is 0 Å². The molecule has 1 rings (SSSR count). The zero-order valence-electron chi connectivity index (χ0n) is 6.35. The molecule has 0 saturated heterocycles. The van der Waals surface area contributed by atoms with E-state index in [0.717, 1.165) is 6.20 Å². The van der Waals surface area contributed by atoms with Gasteiger partial charge in [-0.1, -0.05) is 23.2 Å². The topological polar surface area (TPSA) is 47.0 Å². The zero-order valence-corrected chi connectivity index (χ0v) is 9.38. The molecule has 0 fully saturated rings. The fourth-order valence-electron chi connectivity index (χ4n) is 0.837. The second-order valence-corrected chi connectivity index (χ2v) is 3.65. The van der Waals surface area contributed by atoms with Crippen LogP contribution in [-0.4, -0.2) is 15.5 Å². The first-order chi connectivity index (χ1) is 6.45. The minimum Gasteiger partial charge on any atom is -0.276 e. The molecule has 0 aromatic carbocycles. The number of nitrogens with zero attached hydrogens (tertiary/aromatic N) is 1. The molecule has 1 aromatic heterocycles. The van der Waals surface area contributed by atoms with Crippen LogP contribution in [0.1, 0.15) is 20.7 Å². The highest BCUT2D eigenvalue weighted by atomic mass is 35.5. The van der Waals surface area contributed by atoms with E-state index in [0.29, 0.717) is 0 Å². The van der Waals surface area contributed by atoms with Crippen LogP contribution in [0.5, 0.6) is 0 Å². The Morgan fingerprint density at radius 2 is 1.57 bits per heavy atom. The number of hydrogen-bond acceptors (Lipinski definition) is 3. The Labute approximate surface area is 98.9 Å². The van der Waals surface area contributed by atoms with Crippen LogP contribution in [0.15, 0.2) is 6.20 Å². The number of pyridine rings is 1. The first-order valence-corrected chi connectivity index (χ1v) is 4.70. The van der Waals surface area contributed by atoms with Crippen LogP contribution in [-0.2, 0) is 0 Å². The van der Waals surface area contributed by atoms with Gasteiger partial charge in [0.1, 0.15) is 5.15 Å². The molecule has 0 N–H and O–H groups in total. The number of hydrogen-bond donors (Lipinski definition) is 0. The Balaban J connectivity index is 3.58. The van der Waals surface area contributed by atoms with Crippen molar-refractivity contribution < 1.29 is 9.59 Å². The maximum absolute atomic E-state index is 10.9. The summed E-state index contributed by atoms with van der Waals surface area (Å²) >= 11 is 21.6. The van der Waals surface area contributed by atoms with E-state index in [1.165, 1.54) is 0 Å². The minimum absolute atomic E-state index is 0.0709. The fourth-order valence-corrected chi connectivity index (χ4v) is 1.77. The van der Waals surface area contributed by atoms with Gasteiger partial charge >= 0.3 is 0 Å². The summed E-state index contributed by atoms with van der Waals surface area (Å²) in [5.41, 5.74) is -0.505. The number of rotatable bonds is 2. The molecule has 0 bridgehead atoms. The summed E-state index contributed by atoms with van der Waals surface area (Å²) in [4.78, 5) is 25.4. The zero-order chi connectivity index (χ0) is 10.9. The predicted molar refractivity (Wildman–Crippen MR) is 54.6 cm³/mol. The van der Waals surface area contributed by atoms with Crippen LogP contribution in [0, 0.1) is 0 Å². The molecule has 74 valence electrons. The quantitative estimate of drug-likeness (QED) is 0.614. The molecule has 0 saturated carbocycles. The van der Waals surface area contributed by atoms with Gasteiger partial charge in [-0.3, -0.25) is 9.59 Å². The van der Waals surface area contributed by atoms with Crippen molar-refractivity contribution in [3.63, 3.8) is 0 Å². The largest absolute Gasteiger partial charge is 0.276 e. The molecular formula is C7HCl4NO2. The molecule has 0 aliphatic heterocycles. The molecule has 0 radical (unpaired) electrons. The molecule has 0 unspecified atom stereocenters. The highest BCUT2D eigenvalue weighted by Crippen LogP contribution is 2.27. The maximum atomic E-state index is 10.9. The molecule has 0 spiro atoms. The van der Waals surface area contributed by atoms with Crippen molar-refractivity contribution >= 4 is 56.9 Å². The van der Waals surface area contributed by atoms with Gasteiger partial charge in [-0.2, -0.15) is 0 Å². The maximum Gasteiger partial charge on any atom is 0.256 e. The molecule has 1 aromatic rings. The van der Waals surface area contributed by atoms with E-state index < -0.39 is 10.5 Å². The average molecular weight is 273 g/mol. The summed E-state index contributed by atoms with van der Waals surface area (Å²) in [5.74, 6) is 0. The SMILES string of the molecule is O=C(Cl)c1c(Cl)cnc(Cl)c1C(=O)Cl. The van der Waals surface area contributed by atoms with E-state index in [1.54, 1.807) is 0 Å². The number of halogens is 4. The van der Waals surface area contributed by atoms with Gasteiger partial charge in [0.25, 0.3) is 10.5 Å². The van der Waals surface area contributed by atoms with E-state index in [1.807, 2.05) is 0 Å². The lowest BCUT2D eigenvalue weighted by Gasteiger charge is -2.04. The van der Waals surface area contributed by atoms with Crippen LogP contribution < -0.4 is 0 Å². The van der Waals surface area contributed by atoms with E-state index in [9.17, 15) is 9.59 Å². The van der Waals surface area contributed by atoms with Crippen molar-refractivity contribution in [3.8, 4) is 0 Å². The second-order valence-electron chi connectivity index (χ2n) is 2.19. The summed E-state index contributed by atoms with van der Waals surface area (Å²) in [7, 11) is 0. The highest BCUT2D eigenvalue weighted by Gasteiger charge is 2.22. The van der Waals surface area contributed by atoms with E-state index in [2.05, 4.69) is 4.98 Å². The molecular weight excluding hydrogens is 272 g/mol. The molecule has 14 heavy (non-hydrogen) atoms. The van der Waals surface area contributed by atoms with Crippen LogP contribution in [0.2, 0.25) is 10.2 Å². The second kappa shape index (κ2) is 4.45. The molecule has 7 heteroatoms. The van der Waals surface area contributed by atoms with Gasteiger partial charge in [-0.25, -0.2) is 4.98 Å². The van der Waals surface area contributed by atoms with Crippen LogP contribution in [0.3, 0.4) is 0 Å². The number of carbonyl (C=O) groups excluding carboxylic acids is 2. The molecule has 0 aliphatic rings. The first kappa shape index (κ1) is 11.7. The van der Waals surface area contributed by atoms with Crippen molar-refractivity contribution in [3.05, 3.63) is 27.5 Å². The summed E-state index contributed by atoms with van der Waals surface area (Å²) in [6.45, 7) is 0. The summed E-state index contributed by atoms with van der Waals surface area (Å²) in [6.07, 6.45) is 1.11. The van der Waals surface area contributed by atoms with Gasteiger partial charge in [0.15, 0.2) is 0 Å². The Morgan fingerprint density at radius 1 is 1.07 bits per heavy atom. The molecule has 0 amide bonds. The first-order valence-electron chi connectivity index (χ1n) is 3.18. The average Bonchev–Trinajstić information content (AvgIpc) is 2.07. The minimum atomic E-state index is -0.936. The molecule has 3 nitrogen and oxygen atoms in total. The van der Waals surface area contributed by atoms with Gasteiger partial charge in [0, 0.05) is 6.20 Å². The van der Waals surface area contributed by atoms with Gasteiger partial charge in [-0.05, 0) is 23.2 Å². The summed E-state index contributed by atoms with van der Waals surface area (Å²) in [6, 6.07) is 0. The summed E-state index contributed by atoms with van der Waals surface area (Å²) < 4.78 is 0. The lowest BCUT2D eigenvalue weighted by molar-refractivity contribution is 0.105. The molecule has 0 atom stereocenters. The van der Waals surface area contributed by atoms with Crippen molar-refractivity contribution in [2.24, 2.45) is 0 Å². The van der Waals surface area contributed by atoms with Crippen LogP contribution >= 0.6 is 46.4 Å². The third-order valence-corrected chi connectivity index (χ3v) is 2.33. The van der Waals surface area contributed by atoms with Crippen LogP contribution in [0.25, 0.3) is 0 Å². The van der Waals surface area contributed by atoms with Gasteiger partial charge in [0.2, 0.25) is 0 Å². The van der Waals surface area contributed by atoms with Gasteiger partial charge in [0.05, 0.1) is 16.1 Å². The lowest BCUT2D eigenvalue weighted by Crippen LogP contribution is -2.04. The Kier molecular flexibility index (Phi) is 3.72. The monoisotopic (exact) mass is 271 g/mol. The van der Waals surface area contributed by atoms with E-state index in [-0.39, 0.29) is 21.3 Å². The normalized spacial score (nSPS) is 10.0. The fraction of sp³-hybridized carbons (Fsp3) is 0. The summed E-state index contributed by atoms with van der Waals surface area (Å²) in [5, 5.41) is -2.13. The number of aromatic nitrogens is 1. The van der Waals surface area contributed by atoms with Crippen molar-refractivity contribution in [2.75, 3.05) is 0 Å². The smallest absolute Gasteiger partial charge is 0.256 e. The Morgan fingerprint density at radius 3 is 1.93 bits per heavy atom. The highest BCUT2D eigenvalue weighted by molar-refractivity contribution is 6.73.